The standard InChI is InChI=1S/C21H25ClFN3O3/c1-26(12-13-29-2)11-10-18(15-6-4-3-5-7-15)24-20(27)21(28)25-19-9-8-16(22)14-17(19)23/h3-9,14,18H,10-13H2,1-2H3,(H,24,27)(H,25,28). The maximum Gasteiger partial charge on any atom is 0.313 e. The van der Waals surface area contributed by atoms with Gasteiger partial charge in [0.2, 0.25) is 0 Å². The number of anilines is 1. The van der Waals surface area contributed by atoms with Crippen LogP contribution >= 0.6 is 11.6 Å². The van der Waals surface area contributed by atoms with Crippen LogP contribution in [0.1, 0.15) is 18.0 Å². The molecule has 0 aliphatic carbocycles. The van der Waals surface area contributed by atoms with Crippen molar-refractivity contribution in [2.75, 3.05) is 39.2 Å². The van der Waals surface area contributed by atoms with Gasteiger partial charge in [-0.3, -0.25) is 9.59 Å². The highest BCUT2D eigenvalue weighted by atomic mass is 35.5. The number of likely N-dealkylation sites (N-methyl/N-ethyl adjacent to an activating group) is 1. The van der Waals surface area contributed by atoms with Crippen molar-refractivity contribution in [3.8, 4) is 0 Å². The molecule has 29 heavy (non-hydrogen) atoms. The van der Waals surface area contributed by atoms with Gasteiger partial charge in [0.1, 0.15) is 5.82 Å². The fourth-order valence-electron chi connectivity index (χ4n) is 2.71. The van der Waals surface area contributed by atoms with E-state index in [1.165, 1.54) is 12.1 Å². The Morgan fingerprint density at radius 3 is 2.52 bits per heavy atom. The lowest BCUT2D eigenvalue weighted by Gasteiger charge is -2.23. The monoisotopic (exact) mass is 421 g/mol. The van der Waals surface area contributed by atoms with Crippen LogP contribution in [0.4, 0.5) is 10.1 Å². The predicted molar refractivity (Wildman–Crippen MR) is 111 cm³/mol. The maximum atomic E-state index is 13.9. The number of rotatable bonds is 9. The molecule has 2 amide bonds. The van der Waals surface area contributed by atoms with Gasteiger partial charge in [-0.1, -0.05) is 41.9 Å². The number of nitrogens with zero attached hydrogens (tertiary/aromatic N) is 1. The molecular weight excluding hydrogens is 397 g/mol. The van der Waals surface area contributed by atoms with Crippen molar-refractivity contribution < 1.29 is 18.7 Å². The summed E-state index contributed by atoms with van der Waals surface area (Å²) in [5, 5.41) is 5.21. The summed E-state index contributed by atoms with van der Waals surface area (Å²) in [5.41, 5.74) is 0.775. The first-order valence-electron chi connectivity index (χ1n) is 9.20. The van der Waals surface area contributed by atoms with Crippen molar-refractivity contribution in [1.82, 2.24) is 10.2 Å². The number of ether oxygens (including phenoxy) is 1. The minimum absolute atomic E-state index is 0.106. The Morgan fingerprint density at radius 2 is 1.86 bits per heavy atom. The molecule has 2 aromatic carbocycles. The first kappa shape index (κ1) is 22.8. The molecule has 0 saturated heterocycles. The zero-order valence-electron chi connectivity index (χ0n) is 16.5. The van der Waals surface area contributed by atoms with Gasteiger partial charge >= 0.3 is 11.8 Å². The van der Waals surface area contributed by atoms with Crippen LogP contribution in [0, 0.1) is 5.82 Å². The van der Waals surface area contributed by atoms with Crippen molar-refractivity contribution >= 4 is 29.1 Å². The lowest BCUT2D eigenvalue weighted by Crippen LogP contribution is -2.39. The van der Waals surface area contributed by atoms with Crippen LogP contribution in [-0.4, -0.2) is 50.6 Å². The highest BCUT2D eigenvalue weighted by molar-refractivity contribution is 6.39. The van der Waals surface area contributed by atoms with E-state index in [0.29, 0.717) is 19.6 Å². The third kappa shape index (κ3) is 7.45. The van der Waals surface area contributed by atoms with Crippen LogP contribution in [0.15, 0.2) is 48.5 Å². The average molecular weight is 422 g/mol. The van der Waals surface area contributed by atoms with Crippen molar-refractivity contribution in [2.45, 2.75) is 12.5 Å². The average Bonchev–Trinajstić information content (AvgIpc) is 2.71. The highest BCUT2D eigenvalue weighted by Gasteiger charge is 2.21. The number of carbonyl (C=O) groups excluding carboxylic acids is 2. The molecule has 0 aliphatic heterocycles. The molecule has 2 aromatic rings. The fraction of sp³-hybridized carbons (Fsp3) is 0.333. The predicted octanol–water partition coefficient (Wildman–Crippen LogP) is 3.24. The van der Waals surface area contributed by atoms with E-state index in [0.717, 1.165) is 18.2 Å². The molecule has 1 unspecified atom stereocenters. The molecule has 0 spiro atoms. The van der Waals surface area contributed by atoms with Gasteiger partial charge in [0.15, 0.2) is 0 Å². The second kappa shape index (κ2) is 11.5. The first-order chi connectivity index (χ1) is 13.9. The quantitative estimate of drug-likeness (QED) is 0.610. The van der Waals surface area contributed by atoms with E-state index in [-0.39, 0.29) is 16.8 Å². The van der Waals surface area contributed by atoms with Crippen LogP contribution in [0.25, 0.3) is 0 Å². The van der Waals surface area contributed by atoms with Crippen molar-refractivity contribution in [2.24, 2.45) is 0 Å². The Kier molecular flexibility index (Phi) is 9.05. The Hall–Kier alpha value is -2.48. The van der Waals surface area contributed by atoms with Gasteiger partial charge in [0, 0.05) is 25.2 Å². The number of hydrogen-bond acceptors (Lipinski definition) is 4. The molecule has 156 valence electrons. The van der Waals surface area contributed by atoms with Crippen molar-refractivity contribution in [3.05, 3.63) is 64.9 Å². The summed E-state index contributed by atoms with van der Waals surface area (Å²) in [5.74, 6) is -2.49. The summed E-state index contributed by atoms with van der Waals surface area (Å²) in [6, 6.07) is 12.8. The van der Waals surface area contributed by atoms with Gasteiger partial charge in [-0.05, 0) is 37.2 Å². The van der Waals surface area contributed by atoms with Crippen LogP contribution in [0.2, 0.25) is 5.02 Å². The van der Waals surface area contributed by atoms with Gasteiger partial charge < -0.3 is 20.3 Å². The number of nitrogens with one attached hydrogen (secondary N) is 2. The third-order valence-corrected chi connectivity index (χ3v) is 4.60. The molecule has 0 aromatic heterocycles. The van der Waals surface area contributed by atoms with E-state index < -0.39 is 17.6 Å². The smallest absolute Gasteiger partial charge is 0.313 e. The number of carbonyl (C=O) groups is 2. The zero-order chi connectivity index (χ0) is 21.2. The molecule has 0 aliphatic rings. The summed E-state index contributed by atoms with van der Waals surface area (Å²) in [7, 11) is 3.60. The summed E-state index contributed by atoms with van der Waals surface area (Å²) < 4.78 is 18.9. The van der Waals surface area contributed by atoms with Crippen molar-refractivity contribution in [3.63, 3.8) is 0 Å². The normalized spacial score (nSPS) is 11.9. The van der Waals surface area contributed by atoms with E-state index >= 15 is 0 Å². The molecule has 0 bridgehead atoms. The molecular formula is C21H25ClFN3O3. The Bertz CT molecular complexity index is 820. The Morgan fingerprint density at radius 1 is 1.14 bits per heavy atom. The molecule has 0 radical (unpaired) electrons. The van der Waals surface area contributed by atoms with Gasteiger partial charge in [-0.2, -0.15) is 0 Å². The molecule has 0 heterocycles. The van der Waals surface area contributed by atoms with Gasteiger partial charge in [0.25, 0.3) is 0 Å². The van der Waals surface area contributed by atoms with E-state index in [4.69, 9.17) is 16.3 Å². The number of methoxy groups -OCH3 is 1. The second-order valence-corrected chi connectivity index (χ2v) is 7.04. The molecule has 6 nitrogen and oxygen atoms in total. The summed E-state index contributed by atoms with van der Waals surface area (Å²) in [6.07, 6.45) is 0.596. The lowest BCUT2D eigenvalue weighted by atomic mass is 10.0. The summed E-state index contributed by atoms with van der Waals surface area (Å²) >= 11 is 5.70. The van der Waals surface area contributed by atoms with Gasteiger partial charge in [-0.15, -0.1) is 0 Å². The molecule has 1 atom stereocenters. The minimum Gasteiger partial charge on any atom is -0.383 e. The van der Waals surface area contributed by atoms with E-state index in [9.17, 15) is 14.0 Å². The molecule has 0 fully saturated rings. The topological polar surface area (TPSA) is 70.7 Å². The van der Waals surface area contributed by atoms with Crippen molar-refractivity contribution in [1.29, 1.82) is 0 Å². The number of halogens is 2. The summed E-state index contributed by atoms with van der Waals surface area (Å²) in [4.78, 5) is 26.7. The largest absolute Gasteiger partial charge is 0.383 e. The van der Waals surface area contributed by atoms with E-state index in [1.54, 1.807) is 7.11 Å². The minimum atomic E-state index is -0.945. The Balaban J connectivity index is 2.02. The second-order valence-electron chi connectivity index (χ2n) is 6.60. The Labute approximate surface area is 175 Å². The lowest BCUT2D eigenvalue weighted by molar-refractivity contribution is -0.136. The molecule has 0 saturated carbocycles. The highest BCUT2D eigenvalue weighted by Crippen LogP contribution is 2.20. The SMILES string of the molecule is COCCN(C)CCC(NC(=O)C(=O)Nc1ccc(Cl)cc1F)c1ccccc1. The van der Waals surface area contributed by atoms with Crippen LogP contribution in [0.3, 0.4) is 0 Å². The van der Waals surface area contributed by atoms with Gasteiger partial charge in [0.05, 0.1) is 18.3 Å². The number of benzene rings is 2. The molecule has 2 N–H and O–H groups in total. The van der Waals surface area contributed by atoms with Crippen LogP contribution < -0.4 is 10.6 Å². The third-order valence-electron chi connectivity index (χ3n) is 4.37. The van der Waals surface area contributed by atoms with E-state index in [2.05, 4.69) is 15.5 Å². The fourth-order valence-corrected chi connectivity index (χ4v) is 2.87. The summed E-state index contributed by atoms with van der Waals surface area (Å²) in [6.45, 7) is 2.05. The number of hydrogen-bond donors (Lipinski definition) is 2. The molecule has 8 heteroatoms. The zero-order valence-corrected chi connectivity index (χ0v) is 17.2. The van der Waals surface area contributed by atoms with E-state index in [1.807, 2.05) is 37.4 Å². The van der Waals surface area contributed by atoms with Gasteiger partial charge in [-0.25, -0.2) is 4.39 Å². The number of amides is 2. The molecule has 2 rings (SSSR count). The van der Waals surface area contributed by atoms with Crippen LogP contribution in [0.5, 0.6) is 0 Å². The first-order valence-corrected chi connectivity index (χ1v) is 9.58. The van der Waals surface area contributed by atoms with Crippen LogP contribution in [-0.2, 0) is 14.3 Å². The maximum absolute atomic E-state index is 13.9.